The lowest BCUT2D eigenvalue weighted by atomic mass is 9.97. The standard InChI is InChI=1S/C21H20N4O8/c1-32-11-7-8-15(17(9-11)25(30)31)24-20(28)18(26)12(21(29)33-2)10-16-19(27)23-14-6-4-3-5-13(14)22-16/h3-9,12,25,30H,10H2,1-2H3,(H,23,27)(H,24,28). The third-order valence-electron chi connectivity index (χ3n) is 4.80. The van der Waals surface area contributed by atoms with E-state index in [1.807, 2.05) is 0 Å². The summed E-state index contributed by atoms with van der Waals surface area (Å²) in [4.78, 5) is 56.8. The Morgan fingerprint density at radius 3 is 2.61 bits per heavy atom. The number of para-hydroxylation sites is 2. The number of ketones is 1. The fraction of sp³-hybridized carbons (Fsp3) is 0.190. The van der Waals surface area contributed by atoms with Gasteiger partial charge in [-0.15, -0.1) is 0 Å². The van der Waals surface area contributed by atoms with Gasteiger partial charge in [0.15, 0.2) is 5.69 Å². The van der Waals surface area contributed by atoms with E-state index in [1.54, 1.807) is 24.3 Å². The van der Waals surface area contributed by atoms with Crippen molar-refractivity contribution in [2.45, 2.75) is 6.42 Å². The third-order valence-corrected chi connectivity index (χ3v) is 4.80. The van der Waals surface area contributed by atoms with Crippen molar-refractivity contribution < 1.29 is 34.3 Å². The summed E-state index contributed by atoms with van der Waals surface area (Å²) >= 11 is 0. The normalized spacial score (nSPS) is 12.6. The van der Waals surface area contributed by atoms with Crippen LogP contribution in [0.5, 0.6) is 5.75 Å². The Morgan fingerprint density at radius 2 is 1.94 bits per heavy atom. The average Bonchev–Trinajstić information content (AvgIpc) is 2.81. The quantitative estimate of drug-likeness (QED) is 0.156. The summed E-state index contributed by atoms with van der Waals surface area (Å²) in [6, 6.07) is 10.5. The molecule has 0 aliphatic rings. The van der Waals surface area contributed by atoms with Crippen LogP contribution in [0.4, 0.5) is 11.4 Å². The first-order valence-corrected chi connectivity index (χ1v) is 9.57. The number of benzene rings is 2. The van der Waals surface area contributed by atoms with Gasteiger partial charge >= 0.3 is 5.97 Å². The molecule has 3 aromatic rings. The van der Waals surface area contributed by atoms with E-state index >= 15 is 0 Å². The van der Waals surface area contributed by atoms with Crippen LogP contribution in [0.15, 0.2) is 47.3 Å². The summed E-state index contributed by atoms with van der Waals surface area (Å²) < 4.78 is 9.60. The van der Waals surface area contributed by atoms with Gasteiger partial charge in [0.05, 0.1) is 25.3 Å². The van der Waals surface area contributed by atoms with Gasteiger partial charge in [0, 0.05) is 12.5 Å². The maximum absolute atomic E-state index is 12.8. The molecule has 2 atom stereocenters. The van der Waals surface area contributed by atoms with Crippen LogP contribution in [0, 0.1) is 11.1 Å². The Kier molecular flexibility index (Phi) is 7.13. The van der Waals surface area contributed by atoms with Crippen LogP contribution < -0.4 is 20.8 Å². The van der Waals surface area contributed by atoms with Gasteiger partial charge in [-0.1, -0.05) is 12.1 Å². The molecule has 1 heterocycles. The molecule has 0 aliphatic carbocycles. The summed E-state index contributed by atoms with van der Waals surface area (Å²) in [5, 5.41) is 21.7. The van der Waals surface area contributed by atoms with Crippen molar-refractivity contribution >= 4 is 40.1 Å². The largest absolute Gasteiger partial charge is 0.595 e. The van der Waals surface area contributed by atoms with Crippen LogP contribution in [0.1, 0.15) is 5.69 Å². The van der Waals surface area contributed by atoms with E-state index in [-0.39, 0.29) is 22.8 Å². The van der Waals surface area contributed by atoms with Crippen LogP contribution in [-0.4, -0.2) is 47.1 Å². The molecule has 0 bridgehead atoms. The number of aromatic nitrogens is 2. The van der Waals surface area contributed by atoms with Crippen molar-refractivity contribution in [1.82, 2.24) is 9.97 Å². The monoisotopic (exact) mass is 456 g/mol. The highest BCUT2D eigenvalue weighted by Gasteiger charge is 2.34. The topological polar surface area (TPSA) is 175 Å². The minimum atomic E-state index is -1.67. The number of methoxy groups -OCH3 is 2. The fourth-order valence-electron chi connectivity index (χ4n) is 3.10. The molecule has 12 heteroatoms. The lowest BCUT2D eigenvalue weighted by Crippen LogP contribution is -2.99. The molecule has 4 N–H and O–H groups in total. The molecule has 1 amide bonds. The molecule has 2 aromatic carbocycles. The number of rotatable bonds is 8. The lowest BCUT2D eigenvalue weighted by Gasteiger charge is -2.18. The van der Waals surface area contributed by atoms with Gasteiger partial charge in [-0.05, 0) is 24.3 Å². The van der Waals surface area contributed by atoms with Crippen LogP contribution in [0.2, 0.25) is 0 Å². The summed E-state index contributed by atoms with van der Waals surface area (Å²) in [6.07, 6.45) is -0.493. The van der Waals surface area contributed by atoms with Crippen LogP contribution in [0.3, 0.4) is 0 Å². The number of carbonyl (C=O) groups is 3. The highest BCUT2D eigenvalue weighted by atomic mass is 16.8. The highest BCUT2D eigenvalue weighted by molar-refractivity contribution is 6.44. The van der Waals surface area contributed by atoms with Gasteiger partial charge in [0.1, 0.15) is 23.0 Å². The van der Waals surface area contributed by atoms with Crippen molar-refractivity contribution in [3.8, 4) is 5.75 Å². The fourth-order valence-corrected chi connectivity index (χ4v) is 3.10. The minimum Gasteiger partial charge on any atom is -0.595 e. The minimum absolute atomic E-state index is 0.138. The maximum atomic E-state index is 12.8. The molecular weight excluding hydrogens is 436 g/mol. The van der Waals surface area contributed by atoms with Crippen molar-refractivity contribution in [2.75, 3.05) is 19.5 Å². The zero-order chi connectivity index (χ0) is 24.1. The smallest absolute Gasteiger partial charge is 0.317 e. The van der Waals surface area contributed by atoms with Crippen molar-refractivity contribution in [2.24, 2.45) is 5.92 Å². The molecular formula is C21H20N4O8. The predicted octanol–water partition coefficient (Wildman–Crippen LogP) is -0.125. The SMILES string of the molecule is COC(=O)C(Cc1nc2ccccc2[nH]c1=O)C(=O)C(=O)Nc1ccc(OC)cc1[NH+]([O-])O. The number of hydrogen-bond acceptors (Lipinski definition) is 9. The second kappa shape index (κ2) is 9.99. The molecule has 3 rings (SSSR count). The first-order valence-electron chi connectivity index (χ1n) is 9.57. The number of amides is 1. The van der Waals surface area contributed by atoms with E-state index in [2.05, 4.69) is 20.0 Å². The second-order valence-corrected chi connectivity index (χ2v) is 6.84. The number of nitrogens with one attached hydrogen (secondary N) is 3. The first kappa shape index (κ1) is 23.5. The number of carbonyl (C=O) groups excluding carboxylic acids is 3. The van der Waals surface area contributed by atoms with Gasteiger partial charge in [-0.3, -0.25) is 19.2 Å². The number of ether oxygens (including phenoxy) is 2. The number of quaternary nitrogens is 1. The molecule has 33 heavy (non-hydrogen) atoms. The van der Waals surface area contributed by atoms with Crippen LogP contribution >= 0.6 is 0 Å². The molecule has 0 spiro atoms. The van der Waals surface area contributed by atoms with Crippen molar-refractivity contribution in [3.05, 3.63) is 63.7 Å². The Bertz CT molecular complexity index is 1270. The van der Waals surface area contributed by atoms with E-state index in [0.29, 0.717) is 11.0 Å². The van der Waals surface area contributed by atoms with E-state index in [0.717, 1.165) is 7.11 Å². The van der Waals surface area contributed by atoms with E-state index < -0.39 is 40.8 Å². The van der Waals surface area contributed by atoms with E-state index in [9.17, 15) is 29.6 Å². The van der Waals surface area contributed by atoms with Crippen LogP contribution in [-0.2, 0) is 25.5 Å². The Balaban J connectivity index is 1.89. The van der Waals surface area contributed by atoms with Gasteiger partial charge in [-0.25, -0.2) is 10.2 Å². The number of esters is 1. The van der Waals surface area contributed by atoms with Gasteiger partial charge in [-0.2, -0.15) is 5.23 Å². The number of fused-ring (bicyclic) bond motifs is 1. The number of nitrogens with zero attached hydrogens (tertiary/aromatic N) is 1. The second-order valence-electron chi connectivity index (χ2n) is 6.84. The molecule has 1 aromatic heterocycles. The zero-order valence-corrected chi connectivity index (χ0v) is 17.6. The summed E-state index contributed by atoms with van der Waals surface area (Å²) in [5.74, 6) is -4.96. The zero-order valence-electron chi connectivity index (χ0n) is 17.6. The predicted molar refractivity (Wildman–Crippen MR) is 114 cm³/mol. The molecule has 0 aliphatic heterocycles. The van der Waals surface area contributed by atoms with Crippen molar-refractivity contribution in [3.63, 3.8) is 0 Å². The molecule has 0 radical (unpaired) electrons. The number of anilines is 1. The first-order chi connectivity index (χ1) is 15.7. The lowest BCUT2D eigenvalue weighted by molar-refractivity contribution is -0.990. The summed E-state index contributed by atoms with van der Waals surface area (Å²) in [6.45, 7) is 0. The molecule has 2 unspecified atom stereocenters. The number of H-pyrrole nitrogens is 1. The van der Waals surface area contributed by atoms with Gasteiger partial charge in [0.2, 0.25) is 5.78 Å². The summed E-state index contributed by atoms with van der Waals surface area (Å²) in [7, 11) is 2.37. The average molecular weight is 456 g/mol. The van der Waals surface area contributed by atoms with Crippen molar-refractivity contribution in [1.29, 1.82) is 0 Å². The Hall–Kier alpha value is -4.13. The number of Topliss-reactive ketones (excluding diaryl/α,β-unsaturated/α-hetero) is 1. The maximum Gasteiger partial charge on any atom is 0.317 e. The third kappa shape index (κ3) is 5.20. The van der Waals surface area contributed by atoms with Gasteiger partial charge < -0.3 is 25.0 Å². The Morgan fingerprint density at radius 1 is 1.21 bits per heavy atom. The number of aromatic amines is 1. The van der Waals surface area contributed by atoms with Crippen LogP contribution in [0.25, 0.3) is 11.0 Å². The Labute approximate surface area is 186 Å². The molecule has 172 valence electrons. The van der Waals surface area contributed by atoms with E-state index in [4.69, 9.17) is 4.74 Å². The molecule has 0 saturated carbocycles. The summed E-state index contributed by atoms with van der Waals surface area (Å²) in [5.41, 5.74) is -0.368. The molecule has 0 fully saturated rings. The van der Waals surface area contributed by atoms with E-state index in [1.165, 1.54) is 25.3 Å². The molecule has 0 saturated heterocycles. The number of hydrogen-bond donors (Lipinski definition) is 4. The van der Waals surface area contributed by atoms with Gasteiger partial charge in [0.25, 0.3) is 11.5 Å². The highest BCUT2D eigenvalue weighted by Crippen LogP contribution is 2.24. The molecule has 12 nitrogen and oxygen atoms in total.